The van der Waals surface area contributed by atoms with Crippen LogP contribution >= 0.6 is 11.6 Å². The van der Waals surface area contributed by atoms with Crippen LogP contribution in [0.3, 0.4) is 0 Å². The van der Waals surface area contributed by atoms with Crippen molar-refractivity contribution in [2.24, 2.45) is 11.8 Å². The largest absolute Gasteiger partial charge is 0.481 e. The molecule has 0 bridgehead atoms. The summed E-state index contributed by atoms with van der Waals surface area (Å²) in [6.45, 7) is 2.28. The molecule has 2 amide bonds. The average Bonchev–Trinajstić information content (AvgIpc) is 2.70. The zero-order chi connectivity index (χ0) is 14.9. The highest BCUT2D eigenvalue weighted by molar-refractivity contribution is 6.30. The van der Waals surface area contributed by atoms with E-state index in [1.165, 1.54) is 11.0 Å². The van der Waals surface area contributed by atoms with Crippen molar-refractivity contribution in [3.05, 3.63) is 29.0 Å². The van der Waals surface area contributed by atoms with Gasteiger partial charge in [-0.05, 0) is 24.1 Å². The highest BCUT2D eigenvalue weighted by Gasteiger charge is 2.36. The molecule has 2 N–H and O–H groups in total. The van der Waals surface area contributed by atoms with Crippen molar-refractivity contribution in [1.29, 1.82) is 0 Å². The molecule has 0 aliphatic carbocycles. The van der Waals surface area contributed by atoms with E-state index in [1.54, 1.807) is 6.92 Å². The summed E-state index contributed by atoms with van der Waals surface area (Å²) < 4.78 is 13.2. The van der Waals surface area contributed by atoms with Gasteiger partial charge in [-0.25, -0.2) is 9.18 Å². The molecule has 1 aromatic carbocycles. The molecule has 7 heteroatoms. The van der Waals surface area contributed by atoms with E-state index in [-0.39, 0.29) is 23.2 Å². The molecular weight excluding hydrogens is 287 g/mol. The zero-order valence-electron chi connectivity index (χ0n) is 10.8. The molecule has 0 spiro atoms. The van der Waals surface area contributed by atoms with Crippen LogP contribution in [0.1, 0.15) is 6.92 Å². The minimum Gasteiger partial charge on any atom is -0.481 e. The smallest absolute Gasteiger partial charge is 0.321 e. The predicted octanol–water partition coefficient (Wildman–Crippen LogP) is 2.66. The van der Waals surface area contributed by atoms with Crippen LogP contribution in [0, 0.1) is 17.7 Å². The molecule has 1 aliphatic rings. The number of urea groups is 1. The van der Waals surface area contributed by atoms with Crippen LogP contribution in [0.25, 0.3) is 0 Å². The molecule has 1 saturated heterocycles. The summed E-state index contributed by atoms with van der Waals surface area (Å²) in [5.41, 5.74) is 0.242. The molecular formula is C13H14ClFN2O3. The first-order valence-corrected chi connectivity index (χ1v) is 6.49. The number of amides is 2. The van der Waals surface area contributed by atoms with E-state index in [2.05, 4.69) is 5.32 Å². The fraction of sp³-hybridized carbons (Fsp3) is 0.385. The zero-order valence-corrected chi connectivity index (χ0v) is 11.5. The second-order valence-corrected chi connectivity index (χ2v) is 5.35. The fourth-order valence-corrected chi connectivity index (χ4v) is 2.50. The summed E-state index contributed by atoms with van der Waals surface area (Å²) in [5.74, 6) is -2.15. The first kappa shape index (κ1) is 14.6. The molecule has 20 heavy (non-hydrogen) atoms. The van der Waals surface area contributed by atoms with E-state index in [0.29, 0.717) is 6.54 Å². The lowest BCUT2D eigenvalue weighted by atomic mass is 9.99. The Balaban J connectivity index is 2.04. The van der Waals surface area contributed by atoms with E-state index < -0.39 is 23.7 Å². The number of nitrogens with zero attached hydrogens (tertiary/aromatic N) is 1. The van der Waals surface area contributed by atoms with Gasteiger partial charge in [0, 0.05) is 23.8 Å². The van der Waals surface area contributed by atoms with Gasteiger partial charge in [-0.3, -0.25) is 4.79 Å². The third-order valence-corrected chi connectivity index (χ3v) is 3.55. The van der Waals surface area contributed by atoms with E-state index in [4.69, 9.17) is 16.7 Å². The second kappa shape index (κ2) is 5.66. The maximum absolute atomic E-state index is 13.2. The van der Waals surface area contributed by atoms with Crippen LogP contribution in [-0.4, -0.2) is 35.1 Å². The van der Waals surface area contributed by atoms with Crippen LogP contribution in [0.2, 0.25) is 5.02 Å². The van der Waals surface area contributed by atoms with Gasteiger partial charge in [0.15, 0.2) is 0 Å². The summed E-state index contributed by atoms with van der Waals surface area (Å²) in [6.07, 6.45) is 0. The van der Waals surface area contributed by atoms with Crippen LogP contribution in [0.15, 0.2) is 18.2 Å². The molecule has 108 valence electrons. The van der Waals surface area contributed by atoms with Crippen molar-refractivity contribution in [2.45, 2.75) is 6.92 Å². The Bertz CT molecular complexity index is 532. The van der Waals surface area contributed by atoms with Crippen LogP contribution < -0.4 is 5.32 Å². The molecule has 1 heterocycles. The lowest BCUT2D eigenvalue weighted by Gasteiger charge is -2.17. The molecule has 1 aromatic rings. The number of rotatable bonds is 2. The molecule has 0 radical (unpaired) electrons. The number of carboxylic acid groups (broad SMARTS) is 1. The monoisotopic (exact) mass is 300 g/mol. The predicted molar refractivity (Wildman–Crippen MR) is 72.3 cm³/mol. The topological polar surface area (TPSA) is 69.6 Å². The molecule has 0 saturated carbocycles. The number of benzene rings is 1. The molecule has 0 unspecified atom stereocenters. The van der Waals surface area contributed by atoms with Crippen molar-refractivity contribution in [1.82, 2.24) is 4.90 Å². The Kier molecular flexibility index (Phi) is 4.13. The lowest BCUT2D eigenvalue weighted by molar-refractivity contribution is -0.142. The number of carbonyl (C=O) groups is 2. The van der Waals surface area contributed by atoms with E-state index in [1.807, 2.05) is 0 Å². The minimum atomic E-state index is -0.915. The maximum atomic E-state index is 13.2. The molecule has 1 fully saturated rings. The van der Waals surface area contributed by atoms with Gasteiger partial charge in [0.25, 0.3) is 0 Å². The number of aliphatic carboxylic acids is 1. The van der Waals surface area contributed by atoms with Crippen molar-refractivity contribution < 1.29 is 19.1 Å². The first-order valence-electron chi connectivity index (χ1n) is 6.11. The molecule has 2 atom stereocenters. The van der Waals surface area contributed by atoms with E-state index in [9.17, 15) is 14.0 Å². The third kappa shape index (κ3) is 3.19. The molecule has 2 rings (SSSR count). The molecule has 5 nitrogen and oxygen atoms in total. The Morgan fingerprint density at radius 2 is 2.10 bits per heavy atom. The number of nitrogens with one attached hydrogen (secondary N) is 1. The molecule has 0 aromatic heterocycles. The lowest BCUT2D eigenvalue weighted by Crippen LogP contribution is -2.33. The van der Waals surface area contributed by atoms with Gasteiger partial charge in [-0.2, -0.15) is 0 Å². The fourth-order valence-electron chi connectivity index (χ4n) is 2.28. The van der Waals surface area contributed by atoms with E-state index >= 15 is 0 Å². The Morgan fingerprint density at radius 1 is 1.40 bits per heavy atom. The number of anilines is 1. The second-order valence-electron chi connectivity index (χ2n) is 4.92. The third-order valence-electron chi connectivity index (χ3n) is 3.33. The highest BCUT2D eigenvalue weighted by Crippen LogP contribution is 2.24. The number of hydrogen-bond acceptors (Lipinski definition) is 2. The van der Waals surface area contributed by atoms with Crippen LogP contribution in [-0.2, 0) is 4.79 Å². The number of halogens is 2. The van der Waals surface area contributed by atoms with Gasteiger partial charge >= 0.3 is 12.0 Å². The quantitative estimate of drug-likeness (QED) is 0.882. The number of carboxylic acids is 1. The van der Waals surface area contributed by atoms with Gasteiger partial charge in [0.1, 0.15) is 5.82 Å². The summed E-state index contributed by atoms with van der Waals surface area (Å²) in [7, 11) is 0. The SMILES string of the molecule is C[C@@H]1CN(C(=O)Nc2cc(F)cc(Cl)c2)C[C@H]1C(=O)O. The number of likely N-dealkylation sites (tertiary alicyclic amines) is 1. The first-order chi connectivity index (χ1) is 9.36. The van der Waals surface area contributed by atoms with Crippen molar-refractivity contribution in [2.75, 3.05) is 18.4 Å². The van der Waals surface area contributed by atoms with Gasteiger partial charge in [0.2, 0.25) is 0 Å². The Labute approximate surface area is 120 Å². The number of carbonyl (C=O) groups excluding carboxylic acids is 1. The minimum absolute atomic E-state index is 0.116. The van der Waals surface area contributed by atoms with Gasteiger partial charge < -0.3 is 15.3 Å². The Morgan fingerprint density at radius 3 is 2.65 bits per heavy atom. The summed E-state index contributed by atoms with van der Waals surface area (Å²) in [5, 5.41) is 11.7. The van der Waals surface area contributed by atoms with Crippen molar-refractivity contribution in [3.63, 3.8) is 0 Å². The highest BCUT2D eigenvalue weighted by atomic mass is 35.5. The van der Waals surface area contributed by atoms with Gasteiger partial charge in [-0.15, -0.1) is 0 Å². The van der Waals surface area contributed by atoms with Gasteiger partial charge in [0.05, 0.1) is 5.92 Å². The summed E-state index contributed by atoms with van der Waals surface area (Å²) in [4.78, 5) is 24.4. The summed E-state index contributed by atoms with van der Waals surface area (Å²) in [6, 6.07) is 3.26. The van der Waals surface area contributed by atoms with E-state index in [0.717, 1.165) is 12.1 Å². The van der Waals surface area contributed by atoms with Gasteiger partial charge in [-0.1, -0.05) is 18.5 Å². The van der Waals surface area contributed by atoms with Crippen molar-refractivity contribution >= 4 is 29.3 Å². The Hall–Kier alpha value is -1.82. The number of hydrogen-bond donors (Lipinski definition) is 2. The average molecular weight is 301 g/mol. The van der Waals surface area contributed by atoms with Crippen molar-refractivity contribution in [3.8, 4) is 0 Å². The standard InChI is InChI=1S/C13H14ClFN2O3/c1-7-5-17(6-11(7)12(18)19)13(20)16-10-3-8(14)2-9(15)4-10/h2-4,7,11H,5-6H2,1H3,(H,16,20)(H,18,19)/t7-,11-/m1/s1. The summed E-state index contributed by atoms with van der Waals surface area (Å²) >= 11 is 5.70. The normalized spacial score (nSPS) is 21.9. The molecule has 1 aliphatic heterocycles. The maximum Gasteiger partial charge on any atom is 0.321 e. The van der Waals surface area contributed by atoms with Crippen LogP contribution in [0.4, 0.5) is 14.9 Å². The van der Waals surface area contributed by atoms with Crippen LogP contribution in [0.5, 0.6) is 0 Å².